The highest BCUT2D eigenvalue weighted by Gasteiger charge is 2.35. The first kappa shape index (κ1) is 18.7. The lowest BCUT2D eigenvalue weighted by Gasteiger charge is -2.44. The molecule has 2 saturated heterocycles. The SMILES string of the molecule is CC1CCCN(C(=O)CCCCC(=O)N2CCCC3CCCCC32)C1. The molecule has 2 amide bonds. The average Bonchev–Trinajstić information content (AvgIpc) is 2.64. The van der Waals surface area contributed by atoms with Crippen LogP contribution in [0.4, 0.5) is 0 Å². The van der Waals surface area contributed by atoms with Crippen LogP contribution < -0.4 is 0 Å². The molecule has 2 heterocycles. The minimum atomic E-state index is 0.296. The maximum Gasteiger partial charge on any atom is 0.222 e. The Morgan fingerprint density at radius 3 is 2.32 bits per heavy atom. The number of likely N-dealkylation sites (tertiary alicyclic amines) is 2. The highest BCUT2D eigenvalue weighted by Crippen LogP contribution is 2.35. The summed E-state index contributed by atoms with van der Waals surface area (Å²) in [4.78, 5) is 29.2. The van der Waals surface area contributed by atoms with E-state index in [0.717, 1.165) is 44.8 Å². The van der Waals surface area contributed by atoms with Crippen molar-refractivity contribution < 1.29 is 9.59 Å². The molecule has 3 rings (SSSR count). The zero-order valence-electron chi connectivity index (χ0n) is 16.0. The molecule has 4 nitrogen and oxygen atoms in total. The molecule has 2 aliphatic heterocycles. The Morgan fingerprint density at radius 2 is 1.52 bits per heavy atom. The average molecular weight is 349 g/mol. The van der Waals surface area contributed by atoms with E-state index in [1.807, 2.05) is 4.90 Å². The standard InChI is InChI=1S/C21H36N2O2/c1-17-8-6-14-22(16-17)20(24)12-4-5-13-21(25)23-15-7-10-18-9-2-3-11-19(18)23/h17-19H,2-16H2,1H3. The zero-order chi connectivity index (χ0) is 17.6. The molecule has 0 spiro atoms. The molecule has 3 aliphatic rings. The number of carbonyl (C=O) groups is 2. The van der Waals surface area contributed by atoms with Crippen molar-refractivity contribution in [2.45, 2.75) is 90.0 Å². The summed E-state index contributed by atoms with van der Waals surface area (Å²) in [7, 11) is 0. The second kappa shape index (κ2) is 9.05. The van der Waals surface area contributed by atoms with Crippen molar-refractivity contribution in [2.24, 2.45) is 11.8 Å². The Hall–Kier alpha value is -1.06. The van der Waals surface area contributed by atoms with Crippen LogP contribution in [-0.2, 0) is 9.59 Å². The van der Waals surface area contributed by atoms with Gasteiger partial charge in [0.25, 0.3) is 0 Å². The quantitative estimate of drug-likeness (QED) is 0.705. The summed E-state index contributed by atoms with van der Waals surface area (Å²) in [6.45, 7) is 5.05. The van der Waals surface area contributed by atoms with Gasteiger partial charge in [0.2, 0.25) is 11.8 Å². The highest BCUT2D eigenvalue weighted by atomic mass is 16.2. The number of fused-ring (bicyclic) bond motifs is 1. The van der Waals surface area contributed by atoms with E-state index in [4.69, 9.17) is 0 Å². The lowest BCUT2D eigenvalue weighted by atomic mass is 9.78. The van der Waals surface area contributed by atoms with Crippen molar-refractivity contribution in [3.63, 3.8) is 0 Å². The fraction of sp³-hybridized carbons (Fsp3) is 0.905. The Kier molecular flexibility index (Phi) is 6.77. The Bertz CT molecular complexity index is 463. The lowest BCUT2D eigenvalue weighted by molar-refractivity contribution is -0.138. The van der Waals surface area contributed by atoms with Gasteiger partial charge in [-0.1, -0.05) is 19.8 Å². The first-order chi connectivity index (χ1) is 12.1. The number of unbranched alkanes of at least 4 members (excludes halogenated alkanes) is 1. The summed E-state index contributed by atoms with van der Waals surface area (Å²) in [6, 6.07) is 0.520. The van der Waals surface area contributed by atoms with Crippen molar-refractivity contribution in [3.8, 4) is 0 Å². The molecule has 0 bridgehead atoms. The molecule has 1 saturated carbocycles. The fourth-order valence-corrected chi connectivity index (χ4v) is 5.20. The molecule has 3 fully saturated rings. The first-order valence-electron chi connectivity index (χ1n) is 10.7. The van der Waals surface area contributed by atoms with Crippen molar-refractivity contribution in [2.75, 3.05) is 19.6 Å². The second-order valence-electron chi connectivity index (χ2n) is 8.64. The van der Waals surface area contributed by atoms with Gasteiger partial charge < -0.3 is 9.80 Å². The number of hydrogen-bond acceptors (Lipinski definition) is 2. The van der Waals surface area contributed by atoms with Crippen molar-refractivity contribution in [3.05, 3.63) is 0 Å². The number of carbonyl (C=O) groups excluding carboxylic acids is 2. The molecule has 0 radical (unpaired) electrons. The summed E-state index contributed by atoms with van der Waals surface area (Å²) in [6.07, 6.45) is 13.0. The molecule has 3 unspecified atom stereocenters. The van der Waals surface area contributed by atoms with Crippen LogP contribution >= 0.6 is 0 Å². The predicted octanol–water partition coefficient (Wildman–Crippen LogP) is 3.99. The Balaban J connectivity index is 1.36. The number of amides is 2. The van der Waals surface area contributed by atoms with E-state index in [1.54, 1.807) is 0 Å². The van der Waals surface area contributed by atoms with E-state index in [1.165, 1.54) is 44.9 Å². The van der Waals surface area contributed by atoms with E-state index < -0.39 is 0 Å². The largest absolute Gasteiger partial charge is 0.342 e. The van der Waals surface area contributed by atoms with E-state index in [9.17, 15) is 9.59 Å². The maximum absolute atomic E-state index is 12.7. The maximum atomic E-state index is 12.7. The molecular formula is C21H36N2O2. The van der Waals surface area contributed by atoms with Crippen molar-refractivity contribution in [1.82, 2.24) is 9.80 Å². The topological polar surface area (TPSA) is 40.6 Å². The van der Waals surface area contributed by atoms with Gasteiger partial charge in [-0.25, -0.2) is 0 Å². The van der Waals surface area contributed by atoms with Gasteiger partial charge in [-0.3, -0.25) is 9.59 Å². The first-order valence-corrected chi connectivity index (χ1v) is 10.7. The summed E-state index contributed by atoms with van der Waals surface area (Å²) in [5.41, 5.74) is 0. The van der Waals surface area contributed by atoms with Crippen LogP contribution in [0.1, 0.15) is 84.0 Å². The molecule has 0 aromatic carbocycles. The molecule has 0 aromatic heterocycles. The summed E-state index contributed by atoms with van der Waals surface area (Å²) < 4.78 is 0. The van der Waals surface area contributed by atoms with Crippen LogP contribution in [0.15, 0.2) is 0 Å². The van der Waals surface area contributed by atoms with Crippen LogP contribution in [0, 0.1) is 11.8 Å². The molecule has 4 heteroatoms. The van der Waals surface area contributed by atoms with Crippen LogP contribution in [0.2, 0.25) is 0 Å². The van der Waals surface area contributed by atoms with Crippen molar-refractivity contribution in [1.29, 1.82) is 0 Å². The van der Waals surface area contributed by atoms with Gasteiger partial charge in [-0.05, 0) is 63.2 Å². The van der Waals surface area contributed by atoms with Gasteiger partial charge in [0.15, 0.2) is 0 Å². The Labute approximate surface area is 153 Å². The molecule has 0 N–H and O–H groups in total. The van der Waals surface area contributed by atoms with Gasteiger partial charge in [-0.2, -0.15) is 0 Å². The smallest absolute Gasteiger partial charge is 0.222 e. The van der Waals surface area contributed by atoms with Gasteiger partial charge in [-0.15, -0.1) is 0 Å². The third-order valence-corrected chi connectivity index (χ3v) is 6.60. The van der Waals surface area contributed by atoms with Gasteiger partial charge in [0.05, 0.1) is 0 Å². The monoisotopic (exact) mass is 348 g/mol. The van der Waals surface area contributed by atoms with E-state index in [0.29, 0.717) is 36.6 Å². The minimum Gasteiger partial charge on any atom is -0.342 e. The van der Waals surface area contributed by atoms with E-state index >= 15 is 0 Å². The lowest BCUT2D eigenvalue weighted by Crippen LogP contribution is -2.49. The van der Waals surface area contributed by atoms with Crippen LogP contribution in [0.3, 0.4) is 0 Å². The van der Waals surface area contributed by atoms with E-state index in [-0.39, 0.29) is 0 Å². The van der Waals surface area contributed by atoms with Gasteiger partial charge in [0.1, 0.15) is 0 Å². The van der Waals surface area contributed by atoms with Crippen LogP contribution in [-0.4, -0.2) is 47.3 Å². The van der Waals surface area contributed by atoms with Crippen LogP contribution in [0.25, 0.3) is 0 Å². The fourth-order valence-electron chi connectivity index (χ4n) is 5.20. The normalized spacial score (nSPS) is 30.0. The van der Waals surface area contributed by atoms with Gasteiger partial charge in [0, 0.05) is 38.5 Å². The second-order valence-corrected chi connectivity index (χ2v) is 8.64. The molecule has 1 aliphatic carbocycles. The number of rotatable bonds is 5. The zero-order valence-corrected chi connectivity index (χ0v) is 16.0. The summed E-state index contributed by atoms with van der Waals surface area (Å²) in [5.74, 6) is 2.04. The third kappa shape index (κ3) is 4.98. The van der Waals surface area contributed by atoms with Crippen molar-refractivity contribution >= 4 is 11.8 Å². The van der Waals surface area contributed by atoms with Crippen LogP contribution in [0.5, 0.6) is 0 Å². The molecule has 3 atom stereocenters. The third-order valence-electron chi connectivity index (χ3n) is 6.60. The van der Waals surface area contributed by atoms with E-state index in [2.05, 4.69) is 11.8 Å². The number of nitrogens with zero attached hydrogens (tertiary/aromatic N) is 2. The molecule has 25 heavy (non-hydrogen) atoms. The Morgan fingerprint density at radius 1 is 0.840 bits per heavy atom. The summed E-state index contributed by atoms with van der Waals surface area (Å²) >= 11 is 0. The molecular weight excluding hydrogens is 312 g/mol. The molecule has 0 aromatic rings. The summed E-state index contributed by atoms with van der Waals surface area (Å²) in [5, 5.41) is 0. The van der Waals surface area contributed by atoms with Gasteiger partial charge >= 0.3 is 0 Å². The predicted molar refractivity (Wildman–Crippen MR) is 100 cm³/mol. The molecule has 142 valence electrons. The number of piperidine rings is 2. The number of hydrogen-bond donors (Lipinski definition) is 0. The highest BCUT2D eigenvalue weighted by molar-refractivity contribution is 5.77. The minimum absolute atomic E-state index is 0.296.